The first-order valence-electron chi connectivity index (χ1n) is 14.1. The normalized spacial score (nSPS) is 51.6. The fourth-order valence-electron chi connectivity index (χ4n) is 10.7. The third kappa shape index (κ3) is 2.70. The van der Waals surface area contributed by atoms with Crippen LogP contribution in [0.5, 0.6) is 0 Å². The molecule has 6 N–H and O–H groups in total. The van der Waals surface area contributed by atoms with Crippen LogP contribution < -0.4 is 0 Å². The Balaban J connectivity index is 1.67. The van der Waals surface area contributed by atoms with Crippen molar-refractivity contribution in [2.45, 2.75) is 124 Å². The lowest BCUT2D eigenvalue weighted by molar-refractivity contribution is -0.539. The smallest absolute Gasteiger partial charge is 0.275 e. The average Bonchev–Trinajstić information content (AvgIpc) is 2.74. The van der Waals surface area contributed by atoms with Crippen LogP contribution in [0.4, 0.5) is 0 Å². The summed E-state index contributed by atoms with van der Waals surface area (Å²) in [5, 5.41) is 67.1. The zero-order valence-corrected chi connectivity index (χ0v) is 23.6. The summed E-state index contributed by atoms with van der Waals surface area (Å²) in [5.74, 6) is -10.0. The molecule has 5 aliphatic carbocycles. The van der Waals surface area contributed by atoms with Gasteiger partial charge >= 0.3 is 0 Å². The molecule has 206 valence electrons. The molecule has 0 aliphatic heterocycles. The number of rotatable bonds is 0. The quantitative estimate of drug-likeness (QED) is 0.218. The largest absolute Gasteiger partial charge is 0.361 e. The lowest BCUT2D eigenvalue weighted by Gasteiger charge is -2.75. The first-order valence-corrected chi connectivity index (χ1v) is 14.1. The molecule has 6 heteroatoms. The van der Waals surface area contributed by atoms with Crippen LogP contribution in [0.3, 0.4) is 0 Å². The van der Waals surface area contributed by atoms with E-state index in [1.54, 1.807) is 20.8 Å². The Morgan fingerprint density at radius 1 is 0.667 bits per heavy atom. The van der Waals surface area contributed by atoms with E-state index in [0.717, 1.165) is 25.7 Å². The molecular weight excluding hydrogens is 456 g/mol. The molecule has 0 bridgehead atoms. The fraction of sp³-hybridized carbons (Fsp3) is 0.933. The summed E-state index contributed by atoms with van der Waals surface area (Å²) in [6, 6.07) is 0. The molecule has 0 spiro atoms. The highest BCUT2D eigenvalue weighted by atomic mass is 16.7. The van der Waals surface area contributed by atoms with Crippen LogP contribution in [-0.2, 0) is 0 Å². The molecule has 0 amide bonds. The van der Waals surface area contributed by atoms with Gasteiger partial charge in [-0.25, -0.2) is 0 Å². The molecule has 5 aliphatic rings. The summed E-state index contributed by atoms with van der Waals surface area (Å²) in [4.78, 5) is 0. The standard InChI is InChI=1S/C30H50O6/c1-22(2)13-14-24(5)15-16-25(6)18(19(24)17-22)9-10-21-26(25,7)12-11-20-23(3,4)28(31,32)30(35,36)29(33,34)27(20,21)8/h9,19-21,31-36H,10-17H2,1-8H3/t19-,20?,21+,24-,25-,26-,27+/m1/s1. The summed E-state index contributed by atoms with van der Waals surface area (Å²) in [6.07, 6.45) is 10.1. The van der Waals surface area contributed by atoms with Gasteiger partial charge in [0.05, 0.1) is 0 Å². The number of allylic oxidation sites excluding steroid dienone is 2. The highest BCUT2D eigenvalue weighted by Crippen LogP contribution is 2.78. The van der Waals surface area contributed by atoms with E-state index in [1.165, 1.54) is 18.4 Å². The van der Waals surface area contributed by atoms with Gasteiger partial charge in [0.25, 0.3) is 5.79 Å². The maximum absolute atomic E-state index is 11.6. The van der Waals surface area contributed by atoms with E-state index in [0.29, 0.717) is 24.2 Å². The maximum atomic E-state index is 11.6. The zero-order chi connectivity index (χ0) is 27.2. The van der Waals surface area contributed by atoms with Crippen molar-refractivity contribution in [2.75, 3.05) is 0 Å². The van der Waals surface area contributed by atoms with Gasteiger partial charge in [-0.1, -0.05) is 67.0 Å². The number of aliphatic hydroxyl groups is 6. The SMILES string of the molecule is CC1(C)CC[C@]2(C)CC[C@]3(C)C(=CC[C@@H]4[C@]5(C)C(CC[C@]43C)C(C)(C)C(O)(O)C(O)(O)C5(O)O)[C@H]2C1. The van der Waals surface area contributed by atoms with E-state index in [2.05, 4.69) is 40.7 Å². The molecule has 5 rings (SSSR count). The summed E-state index contributed by atoms with van der Waals surface area (Å²) in [5.41, 5.74) is -1.11. The Morgan fingerprint density at radius 2 is 1.25 bits per heavy atom. The van der Waals surface area contributed by atoms with Gasteiger partial charge in [0.1, 0.15) is 0 Å². The van der Waals surface area contributed by atoms with Crippen LogP contribution in [0, 0.1) is 50.2 Å². The van der Waals surface area contributed by atoms with Gasteiger partial charge in [0, 0.05) is 10.8 Å². The molecule has 0 aromatic heterocycles. The molecule has 0 aromatic carbocycles. The third-order valence-electron chi connectivity index (χ3n) is 13.7. The van der Waals surface area contributed by atoms with Gasteiger partial charge in [-0.15, -0.1) is 0 Å². The van der Waals surface area contributed by atoms with E-state index in [4.69, 9.17) is 0 Å². The molecule has 4 saturated carbocycles. The second-order valence-electron chi connectivity index (χ2n) is 15.9. The molecule has 0 radical (unpaired) electrons. The van der Waals surface area contributed by atoms with Crippen molar-refractivity contribution in [3.63, 3.8) is 0 Å². The molecule has 0 heterocycles. The van der Waals surface area contributed by atoms with E-state index >= 15 is 0 Å². The second kappa shape index (κ2) is 6.98. The molecule has 0 saturated heterocycles. The van der Waals surface area contributed by atoms with Gasteiger partial charge in [-0.05, 0) is 90.8 Å². The maximum Gasteiger partial charge on any atom is 0.275 e. The summed E-state index contributed by atoms with van der Waals surface area (Å²) < 4.78 is 0. The monoisotopic (exact) mass is 506 g/mol. The molecule has 6 nitrogen and oxygen atoms in total. The van der Waals surface area contributed by atoms with Gasteiger partial charge in [-0.2, -0.15) is 0 Å². The Hall–Kier alpha value is -0.500. The van der Waals surface area contributed by atoms with Crippen molar-refractivity contribution in [1.82, 2.24) is 0 Å². The Labute approximate surface area is 216 Å². The van der Waals surface area contributed by atoms with E-state index in [9.17, 15) is 30.6 Å². The second-order valence-corrected chi connectivity index (χ2v) is 15.9. The average molecular weight is 507 g/mol. The van der Waals surface area contributed by atoms with Gasteiger partial charge in [-0.3, -0.25) is 0 Å². The van der Waals surface area contributed by atoms with Gasteiger partial charge < -0.3 is 30.6 Å². The molecule has 1 unspecified atom stereocenters. The highest BCUT2D eigenvalue weighted by Gasteiger charge is 2.84. The van der Waals surface area contributed by atoms with E-state index in [1.807, 2.05) is 0 Å². The molecule has 4 fully saturated rings. The Kier molecular flexibility index (Phi) is 5.25. The van der Waals surface area contributed by atoms with E-state index < -0.39 is 34.1 Å². The first-order chi connectivity index (χ1) is 16.1. The van der Waals surface area contributed by atoms with E-state index in [-0.39, 0.29) is 22.2 Å². The predicted octanol–water partition coefficient (Wildman–Crippen LogP) is 4.07. The van der Waals surface area contributed by atoms with Crippen LogP contribution in [0.25, 0.3) is 0 Å². The summed E-state index contributed by atoms with van der Waals surface area (Å²) in [6.45, 7) is 16.8. The van der Waals surface area contributed by atoms with Crippen molar-refractivity contribution >= 4 is 0 Å². The molecule has 36 heavy (non-hydrogen) atoms. The zero-order valence-electron chi connectivity index (χ0n) is 23.6. The van der Waals surface area contributed by atoms with Gasteiger partial charge in [0.15, 0.2) is 0 Å². The van der Waals surface area contributed by atoms with Gasteiger partial charge in [0.2, 0.25) is 11.6 Å². The van der Waals surface area contributed by atoms with Crippen LogP contribution in [-0.4, -0.2) is 48.0 Å². The lowest BCUT2D eigenvalue weighted by atomic mass is 9.32. The third-order valence-corrected chi connectivity index (χ3v) is 13.7. The summed E-state index contributed by atoms with van der Waals surface area (Å²) in [7, 11) is 0. The number of hydrogen-bond acceptors (Lipinski definition) is 6. The Morgan fingerprint density at radius 3 is 1.86 bits per heavy atom. The van der Waals surface area contributed by atoms with Crippen LogP contribution >= 0.6 is 0 Å². The number of hydrogen-bond donors (Lipinski definition) is 6. The molecular formula is C30H50O6. The number of fused-ring (bicyclic) bond motifs is 7. The minimum Gasteiger partial charge on any atom is -0.361 e. The first kappa shape index (κ1) is 27.1. The lowest BCUT2D eigenvalue weighted by Crippen LogP contribution is -2.86. The topological polar surface area (TPSA) is 121 Å². The highest BCUT2D eigenvalue weighted by molar-refractivity contribution is 5.35. The summed E-state index contributed by atoms with van der Waals surface area (Å²) >= 11 is 0. The van der Waals surface area contributed by atoms with Crippen molar-refractivity contribution in [3.05, 3.63) is 11.6 Å². The van der Waals surface area contributed by atoms with Crippen molar-refractivity contribution in [1.29, 1.82) is 0 Å². The molecule has 0 aromatic rings. The predicted molar refractivity (Wildman–Crippen MR) is 137 cm³/mol. The van der Waals surface area contributed by atoms with Crippen LogP contribution in [0.1, 0.15) is 107 Å². The van der Waals surface area contributed by atoms with Crippen LogP contribution in [0.15, 0.2) is 11.6 Å². The van der Waals surface area contributed by atoms with Crippen LogP contribution in [0.2, 0.25) is 0 Å². The van der Waals surface area contributed by atoms with Crippen molar-refractivity contribution < 1.29 is 30.6 Å². The minimum absolute atomic E-state index is 0.151. The van der Waals surface area contributed by atoms with Crippen molar-refractivity contribution in [2.24, 2.45) is 50.2 Å². The Bertz CT molecular complexity index is 993. The minimum atomic E-state index is -3.52. The molecule has 7 atom stereocenters. The fourth-order valence-corrected chi connectivity index (χ4v) is 10.7. The van der Waals surface area contributed by atoms with Crippen molar-refractivity contribution in [3.8, 4) is 0 Å².